The highest BCUT2D eigenvalue weighted by Gasteiger charge is 2.13. The summed E-state index contributed by atoms with van der Waals surface area (Å²) in [5.74, 6) is 1.04. The summed E-state index contributed by atoms with van der Waals surface area (Å²) in [6, 6.07) is 2.24. The molecule has 0 aliphatic heterocycles. The van der Waals surface area contributed by atoms with Crippen LogP contribution in [0.3, 0.4) is 0 Å². The van der Waals surface area contributed by atoms with Crippen molar-refractivity contribution in [2.75, 3.05) is 11.1 Å². The highest BCUT2D eigenvalue weighted by Crippen LogP contribution is 2.30. The molecule has 2 rings (SSSR count). The second-order valence-electron chi connectivity index (χ2n) is 4.85. The minimum absolute atomic E-state index is 0.127. The topological polar surface area (TPSA) is 84.1 Å². The van der Waals surface area contributed by atoms with E-state index in [9.17, 15) is 5.11 Å². The van der Waals surface area contributed by atoms with E-state index < -0.39 is 0 Å². The number of nitrogens with two attached hydrogens (primary N) is 1. The molecule has 0 bridgehead atoms. The van der Waals surface area contributed by atoms with Crippen molar-refractivity contribution in [3.05, 3.63) is 10.9 Å². The molecule has 0 saturated heterocycles. The van der Waals surface area contributed by atoms with Crippen LogP contribution in [-0.4, -0.2) is 27.2 Å². The monoisotopic (exact) mass is 280 g/mol. The van der Waals surface area contributed by atoms with Gasteiger partial charge in [0.1, 0.15) is 10.6 Å². The fraction of sp³-hybridized carbons (Fsp3) is 0.538. The molecule has 104 valence electrons. The normalized spacial score (nSPS) is 14.5. The highest BCUT2D eigenvalue weighted by molar-refractivity contribution is 7.18. The van der Waals surface area contributed by atoms with Gasteiger partial charge in [-0.2, -0.15) is 4.98 Å². The molecule has 2 aromatic rings. The van der Waals surface area contributed by atoms with E-state index in [0.29, 0.717) is 6.42 Å². The van der Waals surface area contributed by atoms with Gasteiger partial charge in [0.2, 0.25) is 5.95 Å². The SMILES string of the molecule is CCc1cc2c(NC(C)CC(C)O)nc(N)nc2s1. The maximum atomic E-state index is 9.42. The molecule has 0 spiro atoms. The molecule has 0 fully saturated rings. The van der Waals surface area contributed by atoms with E-state index in [1.807, 2.05) is 6.92 Å². The first-order valence-electron chi connectivity index (χ1n) is 6.50. The summed E-state index contributed by atoms with van der Waals surface area (Å²) in [4.78, 5) is 10.7. The van der Waals surface area contributed by atoms with Gasteiger partial charge in [0.25, 0.3) is 0 Å². The molecular weight excluding hydrogens is 260 g/mol. The van der Waals surface area contributed by atoms with Crippen LogP contribution in [0.2, 0.25) is 0 Å². The Labute approximate surface area is 116 Å². The van der Waals surface area contributed by atoms with Gasteiger partial charge in [-0.1, -0.05) is 6.92 Å². The molecule has 0 aliphatic rings. The Kier molecular flexibility index (Phi) is 4.21. The quantitative estimate of drug-likeness (QED) is 0.783. The first-order valence-corrected chi connectivity index (χ1v) is 7.31. The third-order valence-electron chi connectivity index (χ3n) is 2.89. The van der Waals surface area contributed by atoms with Gasteiger partial charge in [-0.15, -0.1) is 11.3 Å². The number of aryl methyl sites for hydroxylation is 1. The molecule has 19 heavy (non-hydrogen) atoms. The van der Waals surface area contributed by atoms with Crippen LogP contribution in [0.5, 0.6) is 0 Å². The Morgan fingerprint density at radius 2 is 2.16 bits per heavy atom. The largest absolute Gasteiger partial charge is 0.393 e. The van der Waals surface area contributed by atoms with Gasteiger partial charge < -0.3 is 16.2 Å². The van der Waals surface area contributed by atoms with Crippen molar-refractivity contribution in [1.29, 1.82) is 0 Å². The number of aliphatic hydroxyl groups is 1. The minimum atomic E-state index is -0.342. The Balaban J connectivity index is 2.33. The van der Waals surface area contributed by atoms with Crippen LogP contribution < -0.4 is 11.1 Å². The van der Waals surface area contributed by atoms with E-state index >= 15 is 0 Å². The molecular formula is C13H20N4OS. The molecule has 4 N–H and O–H groups in total. The van der Waals surface area contributed by atoms with Gasteiger partial charge in [0, 0.05) is 10.9 Å². The Morgan fingerprint density at radius 3 is 2.79 bits per heavy atom. The molecule has 5 nitrogen and oxygen atoms in total. The maximum Gasteiger partial charge on any atom is 0.223 e. The van der Waals surface area contributed by atoms with Gasteiger partial charge in [0.15, 0.2) is 0 Å². The fourth-order valence-electron chi connectivity index (χ4n) is 2.08. The number of aliphatic hydroxyl groups excluding tert-OH is 1. The van der Waals surface area contributed by atoms with Crippen LogP contribution >= 0.6 is 11.3 Å². The summed E-state index contributed by atoms with van der Waals surface area (Å²) in [7, 11) is 0. The third kappa shape index (κ3) is 3.33. The van der Waals surface area contributed by atoms with Crippen molar-refractivity contribution >= 4 is 33.3 Å². The molecule has 0 aliphatic carbocycles. The van der Waals surface area contributed by atoms with Crippen LogP contribution in [0.1, 0.15) is 32.1 Å². The summed E-state index contributed by atoms with van der Waals surface area (Å²) in [5.41, 5.74) is 5.75. The summed E-state index contributed by atoms with van der Waals surface area (Å²) in [5, 5.41) is 13.7. The molecule has 2 atom stereocenters. The van der Waals surface area contributed by atoms with Crippen molar-refractivity contribution in [2.45, 2.75) is 45.8 Å². The average molecular weight is 280 g/mol. The molecule has 0 aromatic carbocycles. The van der Waals surface area contributed by atoms with Gasteiger partial charge in [0.05, 0.1) is 11.5 Å². The molecule has 2 aromatic heterocycles. The zero-order chi connectivity index (χ0) is 14.0. The van der Waals surface area contributed by atoms with Crippen LogP contribution in [0.15, 0.2) is 6.07 Å². The van der Waals surface area contributed by atoms with Crippen molar-refractivity contribution in [3.63, 3.8) is 0 Å². The molecule has 2 heterocycles. The maximum absolute atomic E-state index is 9.42. The molecule has 2 unspecified atom stereocenters. The number of nitrogens with one attached hydrogen (secondary N) is 1. The van der Waals surface area contributed by atoms with Gasteiger partial charge >= 0.3 is 0 Å². The Bertz CT molecular complexity index is 567. The van der Waals surface area contributed by atoms with Gasteiger partial charge in [-0.25, -0.2) is 4.98 Å². The molecule has 6 heteroatoms. The van der Waals surface area contributed by atoms with Crippen LogP contribution in [0.25, 0.3) is 10.2 Å². The Hall–Kier alpha value is -1.40. The number of thiophene rings is 1. The number of hydrogen-bond donors (Lipinski definition) is 3. The number of rotatable bonds is 5. The number of nitrogen functional groups attached to an aromatic ring is 1. The van der Waals surface area contributed by atoms with Crippen molar-refractivity contribution < 1.29 is 5.11 Å². The van der Waals surface area contributed by atoms with E-state index in [0.717, 1.165) is 22.5 Å². The Morgan fingerprint density at radius 1 is 1.42 bits per heavy atom. The standard InChI is InChI=1S/C13H20N4OS/c1-4-9-6-10-11(15-7(2)5-8(3)18)16-13(14)17-12(10)19-9/h6-8,18H,4-5H2,1-3H3,(H3,14,15,16,17). The zero-order valence-corrected chi connectivity index (χ0v) is 12.3. The minimum Gasteiger partial charge on any atom is -0.393 e. The van der Waals surface area contributed by atoms with E-state index in [1.54, 1.807) is 18.3 Å². The first kappa shape index (κ1) is 14.0. The summed E-state index contributed by atoms with van der Waals surface area (Å²) >= 11 is 1.65. The number of hydrogen-bond acceptors (Lipinski definition) is 6. The second kappa shape index (κ2) is 5.71. The second-order valence-corrected chi connectivity index (χ2v) is 5.96. The number of fused-ring (bicyclic) bond motifs is 1. The van der Waals surface area contributed by atoms with E-state index in [4.69, 9.17) is 5.73 Å². The van der Waals surface area contributed by atoms with Gasteiger partial charge in [-0.3, -0.25) is 0 Å². The summed E-state index contributed by atoms with van der Waals surface area (Å²) in [6.45, 7) is 5.91. The lowest BCUT2D eigenvalue weighted by molar-refractivity contribution is 0.179. The lowest BCUT2D eigenvalue weighted by Crippen LogP contribution is -2.21. The van der Waals surface area contributed by atoms with Gasteiger partial charge in [-0.05, 0) is 32.8 Å². The highest BCUT2D eigenvalue weighted by atomic mass is 32.1. The average Bonchev–Trinajstić information content (AvgIpc) is 2.70. The lowest BCUT2D eigenvalue weighted by atomic mass is 10.1. The number of aromatic nitrogens is 2. The van der Waals surface area contributed by atoms with Crippen molar-refractivity contribution in [2.24, 2.45) is 0 Å². The summed E-state index contributed by atoms with van der Waals surface area (Å²) < 4.78 is 0. The van der Waals surface area contributed by atoms with E-state index in [-0.39, 0.29) is 18.1 Å². The smallest absolute Gasteiger partial charge is 0.223 e. The molecule has 0 radical (unpaired) electrons. The number of nitrogens with zero attached hydrogens (tertiary/aromatic N) is 2. The molecule has 0 amide bonds. The predicted molar refractivity (Wildman–Crippen MR) is 80.6 cm³/mol. The van der Waals surface area contributed by atoms with Crippen LogP contribution in [-0.2, 0) is 6.42 Å². The first-order chi connectivity index (χ1) is 8.99. The zero-order valence-electron chi connectivity index (χ0n) is 11.5. The fourth-order valence-corrected chi connectivity index (χ4v) is 3.05. The predicted octanol–water partition coefficient (Wildman–Crippen LogP) is 2.41. The number of anilines is 2. The van der Waals surface area contributed by atoms with Crippen LogP contribution in [0, 0.1) is 0 Å². The van der Waals surface area contributed by atoms with Crippen molar-refractivity contribution in [3.8, 4) is 0 Å². The van der Waals surface area contributed by atoms with E-state index in [2.05, 4.69) is 28.3 Å². The van der Waals surface area contributed by atoms with E-state index in [1.165, 1.54) is 4.88 Å². The van der Waals surface area contributed by atoms with Crippen molar-refractivity contribution in [1.82, 2.24) is 9.97 Å². The lowest BCUT2D eigenvalue weighted by Gasteiger charge is -2.16. The summed E-state index contributed by atoms with van der Waals surface area (Å²) in [6.07, 6.45) is 1.30. The molecule has 0 saturated carbocycles. The van der Waals surface area contributed by atoms with Crippen LogP contribution in [0.4, 0.5) is 11.8 Å². The third-order valence-corrected chi connectivity index (χ3v) is 4.06.